The standard InChI is InChI=1S/C22H21F3N6OS/c23-22(24,25)12-31-10-15(9-28-31)19-17(14-5-3-13(8-26)4-6-14)29-20(33-19)18-21(32-18)30-7-1-2-16(27)11-30/h3-6,9-10,16,18,21H,1-2,7,11-12,27H2/t16-,18?,21?/m1/s1. The number of epoxide rings is 1. The first-order chi connectivity index (χ1) is 15.8. The molecule has 0 aliphatic carbocycles. The molecule has 172 valence electrons. The zero-order chi connectivity index (χ0) is 23.2. The third-order valence-electron chi connectivity index (χ3n) is 5.73. The van der Waals surface area contributed by atoms with Gasteiger partial charge < -0.3 is 10.5 Å². The maximum Gasteiger partial charge on any atom is 0.408 e. The van der Waals surface area contributed by atoms with E-state index in [1.165, 1.54) is 23.7 Å². The van der Waals surface area contributed by atoms with E-state index in [4.69, 9.17) is 20.7 Å². The van der Waals surface area contributed by atoms with Crippen molar-refractivity contribution >= 4 is 11.3 Å². The molecule has 4 heterocycles. The predicted molar refractivity (Wildman–Crippen MR) is 116 cm³/mol. The average Bonchev–Trinajstić information content (AvgIpc) is 3.24. The van der Waals surface area contributed by atoms with Crippen LogP contribution in [-0.2, 0) is 11.3 Å². The second-order valence-corrected chi connectivity index (χ2v) is 9.34. The number of nitriles is 1. The van der Waals surface area contributed by atoms with Crippen molar-refractivity contribution in [3.63, 3.8) is 0 Å². The van der Waals surface area contributed by atoms with E-state index in [1.807, 2.05) is 0 Å². The Hall–Kier alpha value is -2.78. The highest BCUT2D eigenvalue weighted by atomic mass is 32.1. The van der Waals surface area contributed by atoms with Gasteiger partial charge in [-0.3, -0.25) is 9.58 Å². The summed E-state index contributed by atoms with van der Waals surface area (Å²) in [7, 11) is 0. The number of benzene rings is 1. The van der Waals surface area contributed by atoms with Crippen molar-refractivity contribution in [2.75, 3.05) is 13.1 Å². The van der Waals surface area contributed by atoms with E-state index in [0.717, 1.165) is 41.2 Å². The Bertz CT molecular complexity index is 1180. The van der Waals surface area contributed by atoms with Gasteiger partial charge in [0, 0.05) is 36.5 Å². The van der Waals surface area contributed by atoms with E-state index < -0.39 is 12.7 Å². The Labute approximate surface area is 192 Å². The van der Waals surface area contributed by atoms with Crippen LogP contribution in [0.3, 0.4) is 0 Å². The molecule has 5 rings (SSSR count). The fraction of sp³-hybridized carbons (Fsp3) is 0.409. The number of alkyl halides is 3. The number of piperidine rings is 1. The van der Waals surface area contributed by atoms with Crippen LogP contribution in [0, 0.1) is 11.3 Å². The van der Waals surface area contributed by atoms with Crippen LogP contribution in [0.4, 0.5) is 13.2 Å². The highest BCUT2D eigenvalue weighted by molar-refractivity contribution is 7.15. The number of nitrogens with zero attached hydrogens (tertiary/aromatic N) is 5. The van der Waals surface area contributed by atoms with Crippen LogP contribution in [-0.4, -0.2) is 51.2 Å². The summed E-state index contributed by atoms with van der Waals surface area (Å²) in [5.41, 5.74) is 8.58. The van der Waals surface area contributed by atoms with Crippen LogP contribution in [0.2, 0.25) is 0 Å². The van der Waals surface area contributed by atoms with Gasteiger partial charge in [-0.05, 0) is 25.0 Å². The van der Waals surface area contributed by atoms with E-state index in [2.05, 4.69) is 16.1 Å². The summed E-state index contributed by atoms with van der Waals surface area (Å²) >= 11 is 1.39. The molecule has 2 N–H and O–H groups in total. The van der Waals surface area contributed by atoms with Crippen LogP contribution in [0.5, 0.6) is 0 Å². The zero-order valence-electron chi connectivity index (χ0n) is 17.5. The van der Waals surface area contributed by atoms with E-state index in [0.29, 0.717) is 21.7 Å². The summed E-state index contributed by atoms with van der Waals surface area (Å²) in [5.74, 6) is 0. The smallest absolute Gasteiger partial charge is 0.345 e. The third-order valence-corrected chi connectivity index (χ3v) is 6.89. The van der Waals surface area contributed by atoms with Crippen molar-refractivity contribution in [3.8, 4) is 27.8 Å². The fourth-order valence-electron chi connectivity index (χ4n) is 4.14. The SMILES string of the molecule is N#Cc1ccc(-c2nc(C3OC3N3CCC[C@@H](N)C3)sc2-c2cnn(CC(F)(F)F)c2)cc1. The number of rotatable bonds is 5. The van der Waals surface area contributed by atoms with Gasteiger partial charge in [0.05, 0.1) is 28.4 Å². The van der Waals surface area contributed by atoms with Crippen molar-refractivity contribution in [1.82, 2.24) is 19.7 Å². The first kappa shape index (κ1) is 22.0. The van der Waals surface area contributed by atoms with Crippen molar-refractivity contribution in [3.05, 3.63) is 47.2 Å². The summed E-state index contributed by atoms with van der Waals surface area (Å²) in [5, 5.41) is 13.7. The van der Waals surface area contributed by atoms with Gasteiger partial charge in [-0.1, -0.05) is 12.1 Å². The summed E-state index contributed by atoms with van der Waals surface area (Å²) in [6, 6.07) is 9.17. The molecule has 0 bridgehead atoms. The molecule has 2 aliphatic rings. The number of nitrogens with two attached hydrogens (primary N) is 1. The molecular weight excluding hydrogens is 453 g/mol. The number of thiazole rings is 1. The minimum absolute atomic E-state index is 0.0860. The normalized spacial score (nSPS) is 23.4. The highest BCUT2D eigenvalue weighted by Crippen LogP contribution is 2.47. The Balaban J connectivity index is 1.47. The van der Waals surface area contributed by atoms with Gasteiger partial charge in [-0.25, -0.2) is 4.98 Å². The Morgan fingerprint density at radius 1 is 1.24 bits per heavy atom. The second-order valence-electron chi connectivity index (χ2n) is 8.31. The van der Waals surface area contributed by atoms with Crippen molar-refractivity contribution in [2.45, 2.75) is 43.9 Å². The van der Waals surface area contributed by atoms with Gasteiger partial charge >= 0.3 is 6.18 Å². The van der Waals surface area contributed by atoms with E-state index in [-0.39, 0.29) is 18.4 Å². The molecule has 3 atom stereocenters. The molecule has 0 saturated carbocycles. The maximum absolute atomic E-state index is 12.8. The number of hydrogen-bond acceptors (Lipinski definition) is 7. The molecule has 0 spiro atoms. The van der Waals surface area contributed by atoms with Crippen LogP contribution >= 0.6 is 11.3 Å². The van der Waals surface area contributed by atoms with Crippen LogP contribution in [0.25, 0.3) is 21.7 Å². The lowest BCUT2D eigenvalue weighted by Crippen LogP contribution is -2.44. The molecule has 33 heavy (non-hydrogen) atoms. The molecule has 2 unspecified atom stereocenters. The van der Waals surface area contributed by atoms with Crippen molar-refractivity contribution < 1.29 is 17.9 Å². The molecule has 7 nitrogen and oxygen atoms in total. The Morgan fingerprint density at radius 3 is 2.73 bits per heavy atom. The van der Waals surface area contributed by atoms with E-state index in [9.17, 15) is 13.2 Å². The second kappa shape index (κ2) is 8.53. The Kier molecular flexibility index (Phi) is 5.70. The number of ether oxygens (including phenoxy) is 1. The van der Waals surface area contributed by atoms with E-state index in [1.54, 1.807) is 24.3 Å². The Morgan fingerprint density at radius 2 is 2.03 bits per heavy atom. The summed E-state index contributed by atoms with van der Waals surface area (Å²) < 4.78 is 45.2. The molecule has 1 aromatic carbocycles. The largest absolute Gasteiger partial charge is 0.408 e. The van der Waals surface area contributed by atoms with Gasteiger partial charge in [0.1, 0.15) is 17.8 Å². The lowest BCUT2D eigenvalue weighted by Gasteiger charge is -2.29. The summed E-state index contributed by atoms with van der Waals surface area (Å²) in [6.45, 7) is 0.528. The predicted octanol–water partition coefficient (Wildman–Crippen LogP) is 3.93. The molecule has 2 fully saturated rings. The number of aromatic nitrogens is 3. The van der Waals surface area contributed by atoms with Crippen molar-refractivity contribution in [1.29, 1.82) is 5.26 Å². The molecule has 0 amide bonds. The lowest BCUT2D eigenvalue weighted by atomic mass is 10.1. The number of likely N-dealkylation sites (tertiary alicyclic amines) is 1. The van der Waals surface area contributed by atoms with Gasteiger partial charge in [0.2, 0.25) is 0 Å². The van der Waals surface area contributed by atoms with Crippen LogP contribution in [0.15, 0.2) is 36.7 Å². The minimum Gasteiger partial charge on any atom is -0.345 e. The van der Waals surface area contributed by atoms with Gasteiger partial charge in [0.25, 0.3) is 0 Å². The molecular formula is C22H21F3N6OS. The minimum atomic E-state index is -4.36. The van der Waals surface area contributed by atoms with Crippen molar-refractivity contribution in [2.24, 2.45) is 5.73 Å². The van der Waals surface area contributed by atoms with E-state index >= 15 is 0 Å². The average molecular weight is 475 g/mol. The van der Waals surface area contributed by atoms with Gasteiger partial charge in [-0.15, -0.1) is 11.3 Å². The first-order valence-electron chi connectivity index (χ1n) is 10.6. The monoisotopic (exact) mass is 474 g/mol. The summed E-state index contributed by atoms with van der Waals surface area (Å²) in [6.07, 6.45) is 0.181. The summed E-state index contributed by atoms with van der Waals surface area (Å²) in [4.78, 5) is 7.76. The molecule has 3 aromatic rings. The highest BCUT2D eigenvalue weighted by Gasteiger charge is 2.48. The molecule has 2 aromatic heterocycles. The zero-order valence-corrected chi connectivity index (χ0v) is 18.3. The molecule has 11 heteroatoms. The third kappa shape index (κ3) is 4.79. The lowest BCUT2D eigenvalue weighted by molar-refractivity contribution is -0.142. The first-order valence-corrected chi connectivity index (χ1v) is 11.4. The molecule has 2 aliphatic heterocycles. The van der Waals surface area contributed by atoms with Gasteiger partial charge in [-0.2, -0.15) is 23.5 Å². The topological polar surface area (TPSA) is 96.3 Å². The molecule has 2 saturated heterocycles. The van der Waals surface area contributed by atoms with Gasteiger partial charge in [0.15, 0.2) is 6.10 Å². The molecule has 0 radical (unpaired) electrons. The fourth-order valence-corrected chi connectivity index (χ4v) is 5.25. The number of hydrogen-bond donors (Lipinski definition) is 1. The number of halogens is 3. The maximum atomic E-state index is 12.8. The van der Waals surface area contributed by atoms with Crippen LogP contribution < -0.4 is 5.73 Å². The van der Waals surface area contributed by atoms with Crippen LogP contribution in [0.1, 0.15) is 29.5 Å². The quantitative estimate of drug-likeness (QED) is 0.563.